The lowest BCUT2D eigenvalue weighted by Gasteiger charge is -2.62. The van der Waals surface area contributed by atoms with Crippen molar-refractivity contribution in [3.8, 4) is 0 Å². The first-order valence-corrected chi connectivity index (χ1v) is 15.2. The van der Waals surface area contributed by atoms with Crippen molar-refractivity contribution >= 4 is 11.9 Å². The molecule has 40 heavy (non-hydrogen) atoms. The van der Waals surface area contributed by atoms with Crippen molar-refractivity contribution in [1.82, 2.24) is 20.9 Å². The van der Waals surface area contributed by atoms with Crippen LogP contribution in [0.3, 0.4) is 0 Å². The molecule has 1 saturated heterocycles. The Labute approximate surface area is 236 Å². The minimum atomic E-state index is -0.730. The number of carbonyl (C=O) groups excluding carboxylic acids is 2. The first kappa shape index (κ1) is 27.5. The highest BCUT2D eigenvalue weighted by atomic mass is 16.4. The Morgan fingerprint density at radius 3 is 2.75 bits per heavy atom. The second kappa shape index (κ2) is 10.3. The van der Waals surface area contributed by atoms with E-state index in [0.717, 1.165) is 63.5 Å². The van der Waals surface area contributed by atoms with Gasteiger partial charge in [-0.2, -0.15) is 0 Å². The first-order valence-electron chi connectivity index (χ1n) is 15.2. The van der Waals surface area contributed by atoms with E-state index in [4.69, 9.17) is 4.42 Å². The van der Waals surface area contributed by atoms with Gasteiger partial charge < -0.3 is 30.4 Å². The van der Waals surface area contributed by atoms with Gasteiger partial charge in [0.2, 0.25) is 5.91 Å². The zero-order valence-electron chi connectivity index (χ0n) is 23.8. The number of urea groups is 1. The molecule has 7 atom stereocenters. The van der Waals surface area contributed by atoms with Gasteiger partial charge in [0.05, 0.1) is 18.4 Å². The summed E-state index contributed by atoms with van der Waals surface area (Å²) in [5.74, 6) is 0.935. The minimum absolute atomic E-state index is 0.000911. The number of rotatable bonds is 5. The number of allylic oxidation sites excluding steroid dienone is 1. The quantitative estimate of drug-likeness (QED) is 0.417. The van der Waals surface area contributed by atoms with Gasteiger partial charge in [-0.3, -0.25) is 4.79 Å². The van der Waals surface area contributed by atoms with E-state index in [1.54, 1.807) is 11.2 Å². The standard InChI is InChI=1S/C31H44N4O5/c1-29-10-7-22(34-28(38)33-14-16-35-15-13-32-18-26(35)36)17-21(29)4-5-25-24(29)8-11-30(2)23(9-12-31(25,30)39)20-3-6-27(37)40-19-20/h3,6,17,19,22-25,32,39H,4-5,7-16,18H2,1-2H3,(H2,33,34,38)/t22-,23+,24-,25+,29-,30+,31-/m0/s1. The zero-order valence-corrected chi connectivity index (χ0v) is 23.8. The molecule has 4 fully saturated rings. The lowest BCUT2D eigenvalue weighted by atomic mass is 9.45. The number of amides is 3. The molecule has 0 unspecified atom stereocenters. The van der Waals surface area contributed by atoms with Crippen LogP contribution in [0.25, 0.3) is 0 Å². The van der Waals surface area contributed by atoms with Crippen molar-refractivity contribution in [3.05, 3.63) is 46.0 Å². The molecule has 5 aliphatic rings. The lowest BCUT2D eigenvalue weighted by Crippen LogP contribution is -2.60. The molecule has 0 spiro atoms. The van der Waals surface area contributed by atoms with Gasteiger partial charge in [0.1, 0.15) is 0 Å². The van der Waals surface area contributed by atoms with Crippen LogP contribution in [0.15, 0.2) is 39.3 Å². The fraction of sp³-hybridized carbons (Fsp3) is 0.710. The molecule has 6 rings (SSSR count). The van der Waals surface area contributed by atoms with E-state index in [-0.39, 0.29) is 46.3 Å². The third kappa shape index (κ3) is 4.49. The Morgan fingerprint density at radius 1 is 1.12 bits per heavy atom. The number of nitrogens with one attached hydrogen (secondary N) is 3. The average molecular weight is 553 g/mol. The topological polar surface area (TPSA) is 124 Å². The van der Waals surface area contributed by atoms with Gasteiger partial charge in [-0.25, -0.2) is 9.59 Å². The molecule has 3 saturated carbocycles. The van der Waals surface area contributed by atoms with Crippen molar-refractivity contribution in [3.63, 3.8) is 0 Å². The smallest absolute Gasteiger partial charge is 0.335 e. The van der Waals surface area contributed by atoms with E-state index in [1.165, 1.54) is 11.6 Å². The number of hydrogen-bond acceptors (Lipinski definition) is 6. The summed E-state index contributed by atoms with van der Waals surface area (Å²) in [6.45, 7) is 7.46. The maximum atomic E-state index is 12.6. The summed E-state index contributed by atoms with van der Waals surface area (Å²) in [5, 5.41) is 21.6. The second-order valence-electron chi connectivity index (χ2n) is 13.3. The minimum Gasteiger partial charge on any atom is -0.431 e. The van der Waals surface area contributed by atoms with Crippen LogP contribution in [-0.4, -0.2) is 66.3 Å². The summed E-state index contributed by atoms with van der Waals surface area (Å²) in [6, 6.07) is 3.21. The first-order chi connectivity index (χ1) is 19.1. The van der Waals surface area contributed by atoms with Crippen LogP contribution in [-0.2, 0) is 4.79 Å². The predicted molar refractivity (Wildman–Crippen MR) is 151 cm³/mol. The van der Waals surface area contributed by atoms with Crippen LogP contribution in [0, 0.1) is 22.7 Å². The van der Waals surface area contributed by atoms with E-state index in [1.807, 2.05) is 6.07 Å². The Bertz CT molecular complexity index is 1230. The predicted octanol–water partition coefficient (Wildman–Crippen LogP) is 2.90. The van der Waals surface area contributed by atoms with Crippen molar-refractivity contribution < 1.29 is 19.1 Å². The third-order valence-electron chi connectivity index (χ3n) is 11.6. The summed E-state index contributed by atoms with van der Waals surface area (Å²) in [5.41, 5.74) is 1.20. The molecule has 1 aliphatic heterocycles. The van der Waals surface area contributed by atoms with Crippen molar-refractivity contribution in [2.45, 2.75) is 82.8 Å². The fourth-order valence-corrected chi connectivity index (χ4v) is 9.32. The summed E-state index contributed by atoms with van der Waals surface area (Å²) in [4.78, 5) is 37.9. The van der Waals surface area contributed by atoms with Crippen LogP contribution in [0.5, 0.6) is 0 Å². The molecule has 9 heteroatoms. The van der Waals surface area contributed by atoms with Gasteiger partial charge >= 0.3 is 11.7 Å². The van der Waals surface area contributed by atoms with E-state index in [9.17, 15) is 19.5 Å². The van der Waals surface area contributed by atoms with Gasteiger partial charge in [0.15, 0.2) is 0 Å². The van der Waals surface area contributed by atoms with E-state index >= 15 is 0 Å². The number of nitrogens with zero attached hydrogens (tertiary/aromatic N) is 1. The number of aliphatic hydroxyl groups is 1. The molecule has 1 aromatic rings. The van der Waals surface area contributed by atoms with Crippen LogP contribution >= 0.6 is 0 Å². The summed E-state index contributed by atoms with van der Waals surface area (Å²) >= 11 is 0. The maximum Gasteiger partial charge on any atom is 0.335 e. The Hall–Kier alpha value is -2.65. The van der Waals surface area contributed by atoms with E-state index in [2.05, 4.69) is 35.9 Å². The Kier molecular flexibility index (Phi) is 7.10. The summed E-state index contributed by atoms with van der Waals surface area (Å²) in [6.07, 6.45) is 11.4. The van der Waals surface area contributed by atoms with Crippen LogP contribution in [0.2, 0.25) is 0 Å². The summed E-state index contributed by atoms with van der Waals surface area (Å²) < 4.78 is 5.22. The lowest BCUT2D eigenvalue weighted by molar-refractivity contribution is -0.177. The van der Waals surface area contributed by atoms with E-state index < -0.39 is 5.60 Å². The molecule has 1 aromatic heterocycles. The van der Waals surface area contributed by atoms with Gasteiger partial charge in [-0.05, 0) is 86.2 Å². The SMILES string of the molecule is C[C@]12CC[C@H](NC(=O)NCCN3CCNCC3=O)C=C1CC[C@@H]1[C@@H]2CC[C@]2(C)[C@@H](c3ccc(=O)oc3)CC[C@]12O. The molecule has 0 radical (unpaired) electrons. The monoisotopic (exact) mass is 552 g/mol. The number of fused-ring (bicyclic) bond motifs is 5. The zero-order chi connectivity index (χ0) is 28.1. The molecule has 3 amide bonds. The molecule has 0 bridgehead atoms. The number of carbonyl (C=O) groups is 2. The molecular weight excluding hydrogens is 508 g/mol. The second-order valence-corrected chi connectivity index (χ2v) is 13.3. The van der Waals surface area contributed by atoms with Crippen LogP contribution < -0.4 is 21.6 Å². The molecular formula is C31H44N4O5. The van der Waals surface area contributed by atoms with Crippen molar-refractivity contribution in [1.29, 1.82) is 0 Å². The van der Waals surface area contributed by atoms with Gasteiger partial charge in [0, 0.05) is 43.7 Å². The van der Waals surface area contributed by atoms with Crippen LogP contribution in [0.1, 0.15) is 76.7 Å². The largest absolute Gasteiger partial charge is 0.431 e. The highest BCUT2D eigenvalue weighted by Crippen LogP contribution is 2.70. The fourth-order valence-electron chi connectivity index (χ4n) is 9.32. The van der Waals surface area contributed by atoms with Crippen molar-refractivity contribution in [2.24, 2.45) is 22.7 Å². The van der Waals surface area contributed by atoms with Crippen molar-refractivity contribution in [2.75, 3.05) is 32.7 Å². The highest BCUT2D eigenvalue weighted by Gasteiger charge is 2.66. The van der Waals surface area contributed by atoms with Gasteiger partial charge in [0.25, 0.3) is 0 Å². The highest BCUT2D eigenvalue weighted by molar-refractivity contribution is 5.79. The summed E-state index contributed by atoms with van der Waals surface area (Å²) in [7, 11) is 0. The third-order valence-corrected chi connectivity index (χ3v) is 11.6. The normalized spacial score (nSPS) is 39.0. The molecule has 9 nitrogen and oxygen atoms in total. The number of piperazine rings is 1. The molecule has 4 N–H and O–H groups in total. The molecule has 0 aromatic carbocycles. The van der Waals surface area contributed by atoms with E-state index in [0.29, 0.717) is 32.1 Å². The average Bonchev–Trinajstić information content (AvgIpc) is 3.21. The van der Waals surface area contributed by atoms with Gasteiger partial charge in [-0.1, -0.05) is 25.5 Å². The number of hydrogen-bond donors (Lipinski definition) is 4. The maximum absolute atomic E-state index is 12.6. The van der Waals surface area contributed by atoms with Gasteiger partial charge in [-0.15, -0.1) is 0 Å². The van der Waals surface area contributed by atoms with Crippen LogP contribution in [0.4, 0.5) is 4.79 Å². The molecule has 218 valence electrons. The molecule has 2 heterocycles. The Balaban J connectivity index is 1.10. The molecule has 4 aliphatic carbocycles. The Morgan fingerprint density at radius 2 is 1.98 bits per heavy atom.